The van der Waals surface area contributed by atoms with Crippen molar-refractivity contribution in [3.63, 3.8) is 0 Å². The number of carbonyl (C=O) groups excluding carboxylic acids is 1. The van der Waals surface area contributed by atoms with Crippen molar-refractivity contribution in [1.29, 1.82) is 0 Å². The lowest BCUT2D eigenvalue weighted by atomic mass is 10.2. The predicted octanol–water partition coefficient (Wildman–Crippen LogP) is -0.104. The highest BCUT2D eigenvalue weighted by molar-refractivity contribution is 5.82. The molecule has 3 unspecified atom stereocenters. The molecule has 3 atom stereocenters. The van der Waals surface area contributed by atoms with Gasteiger partial charge >= 0.3 is 5.97 Å². The van der Waals surface area contributed by atoms with E-state index in [-0.39, 0.29) is 5.91 Å². The highest BCUT2D eigenvalue weighted by atomic mass is 16.5. The van der Waals surface area contributed by atoms with Crippen molar-refractivity contribution in [2.45, 2.75) is 50.9 Å². The zero-order valence-corrected chi connectivity index (χ0v) is 9.89. The van der Waals surface area contributed by atoms with E-state index in [4.69, 9.17) is 9.84 Å². The number of hydrogen-bond donors (Lipinski definition) is 3. The standard InChI is InChI=1S/C11H19NO5/c1-2-7(13)5-6-12-10(14)8-3-4-9(17-8)11(15)16/h7-9,13H,2-6H2,1H3,(H,12,14)(H,15,16). The number of amides is 1. The highest BCUT2D eigenvalue weighted by Gasteiger charge is 2.34. The lowest BCUT2D eigenvalue weighted by molar-refractivity contribution is -0.151. The lowest BCUT2D eigenvalue weighted by Gasteiger charge is -2.13. The Balaban J connectivity index is 2.23. The molecule has 1 aliphatic heterocycles. The molecule has 0 bridgehead atoms. The number of carbonyl (C=O) groups is 2. The molecule has 0 aromatic heterocycles. The van der Waals surface area contributed by atoms with Gasteiger partial charge in [0.1, 0.15) is 6.10 Å². The van der Waals surface area contributed by atoms with Gasteiger partial charge in [-0.15, -0.1) is 0 Å². The number of carboxylic acid groups (broad SMARTS) is 1. The van der Waals surface area contributed by atoms with Gasteiger partial charge in [-0.2, -0.15) is 0 Å². The summed E-state index contributed by atoms with van der Waals surface area (Å²) >= 11 is 0. The molecule has 0 saturated carbocycles. The fourth-order valence-corrected chi connectivity index (χ4v) is 1.69. The van der Waals surface area contributed by atoms with E-state index >= 15 is 0 Å². The topological polar surface area (TPSA) is 95.9 Å². The minimum absolute atomic E-state index is 0.294. The molecule has 0 spiro atoms. The third kappa shape index (κ3) is 4.32. The normalized spacial score (nSPS) is 25.5. The molecule has 17 heavy (non-hydrogen) atoms. The van der Waals surface area contributed by atoms with Crippen molar-refractivity contribution in [3.05, 3.63) is 0 Å². The molecule has 6 nitrogen and oxygen atoms in total. The van der Waals surface area contributed by atoms with Gasteiger partial charge in [0, 0.05) is 6.54 Å². The molecule has 1 fully saturated rings. The quantitative estimate of drug-likeness (QED) is 0.607. The summed E-state index contributed by atoms with van der Waals surface area (Å²) in [6.45, 7) is 2.25. The van der Waals surface area contributed by atoms with Crippen LogP contribution in [0.4, 0.5) is 0 Å². The Morgan fingerprint density at radius 3 is 2.59 bits per heavy atom. The van der Waals surface area contributed by atoms with Gasteiger partial charge in [0.2, 0.25) is 5.91 Å². The average molecular weight is 245 g/mol. The number of carboxylic acids is 1. The fourth-order valence-electron chi connectivity index (χ4n) is 1.69. The number of rotatable bonds is 6. The maximum Gasteiger partial charge on any atom is 0.332 e. The van der Waals surface area contributed by atoms with Crippen molar-refractivity contribution in [1.82, 2.24) is 5.32 Å². The first-order valence-electron chi connectivity index (χ1n) is 5.88. The Labute approximate surface area is 100.0 Å². The highest BCUT2D eigenvalue weighted by Crippen LogP contribution is 2.19. The van der Waals surface area contributed by atoms with E-state index in [2.05, 4.69) is 5.32 Å². The van der Waals surface area contributed by atoms with Gasteiger partial charge in [-0.3, -0.25) is 4.79 Å². The molecular weight excluding hydrogens is 226 g/mol. The summed E-state index contributed by atoms with van der Waals surface area (Å²) in [5, 5.41) is 20.6. The molecule has 6 heteroatoms. The number of aliphatic carboxylic acids is 1. The van der Waals surface area contributed by atoms with E-state index in [0.29, 0.717) is 32.2 Å². The summed E-state index contributed by atoms with van der Waals surface area (Å²) in [4.78, 5) is 22.2. The minimum Gasteiger partial charge on any atom is -0.479 e. The summed E-state index contributed by atoms with van der Waals surface area (Å²) < 4.78 is 5.09. The molecule has 0 aromatic rings. The van der Waals surface area contributed by atoms with Crippen molar-refractivity contribution in [2.24, 2.45) is 0 Å². The Morgan fingerprint density at radius 1 is 1.41 bits per heavy atom. The maximum absolute atomic E-state index is 11.6. The van der Waals surface area contributed by atoms with Crippen LogP contribution >= 0.6 is 0 Å². The van der Waals surface area contributed by atoms with Gasteiger partial charge in [0.05, 0.1) is 6.10 Å². The molecule has 0 aliphatic carbocycles. The third-order valence-corrected chi connectivity index (χ3v) is 2.84. The largest absolute Gasteiger partial charge is 0.479 e. The van der Waals surface area contributed by atoms with Crippen molar-refractivity contribution in [3.8, 4) is 0 Å². The van der Waals surface area contributed by atoms with Gasteiger partial charge in [0.15, 0.2) is 6.10 Å². The van der Waals surface area contributed by atoms with Crippen LogP contribution in [0.3, 0.4) is 0 Å². The lowest BCUT2D eigenvalue weighted by Crippen LogP contribution is -2.36. The molecular formula is C11H19NO5. The molecule has 1 aliphatic rings. The molecule has 0 radical (unpaired) electrons. The van der Waals surface area contributed by atoms with Gasteiger partial charge in [-0.1, -0.05) is 6.92 Å². The van der Waals surface area contributed by atoms with Crippen LogP contribution in [0.1, 0.15) is 32.6 Å². The molecule has 1 amide bonds. The minimum atomic E-state index is -1.03. The monoisotopic (exact) mass is 245 g/mol. The van der Waals surface area contributed by atoms with Crippen LogP contribution in [0.15, 0.2) is 0 Å². The number of aliphatic hydroxyl groups is 1. The summed E-state index contributed by atoms with van der Waals surface area (Å²) in [5.74, 6) is -1.32. The number of nitrogens with one attached hydrogen (secondary N) is 1. The second-order valence-corrected chi connectivity index (χ2v) is 4.17. The second kappa shape index (κ2) is 6.56. The SMILES string of the molecule is CCC(O)CCNC(=O)C1CCC(C(=O)O)O1. The third-order valence-electron chi connectivity index (χ3n) is 2.84. The Hall–Kier alpha value is -1.14. The van der Waals surface area contributed by atoms with E-state index in [9.17, 15) is 14.7 Å². The first kappa shape index (κ1) is 13.9. The second-order valence-electron chi connectivity index (χ2n) is 4.17. The Bertz CT molecular complexity index is 281. The van der Waals surface area contributed by atoms with E-state index in [1.807, 2.05) is 6.92 Å². The van der Waals surface area contributed by atoms with Crippen molar-refractivity contribution < 1.29 is 24.5 Å². The van der Waals surface area contributed by atoms with Crippen LogP contribution in [-0.4, -0.2) is 46.9 Å². The molecule has 1 saturated heterocycles. The Kier molecular flexibility index (Phi) is 5.37. The van der Waals surface area contributed by atoms with E-state index in [1.54, 1.807) is 0 Å². The summed E-state index contributed by atoms with van der Waals surface area (Å²) in [6, 6.07) is 0. The van der Waals surface area contributed by atoms with Crippen LogP contribution in [0.5, 0.6) is 0 Å². The van der Waals surface area contributed by atoms with Gasteiger partial charge in [-0.05, 0) is 25.7 Å². The zero-order chi connectivity index (χ0) is 12.8. The molecule has 98 valence electrons. The van der Waals surface area contributed by atoms with Crippen LogP contribution in [0, 0.1) is 0 Å². The first-order chi connectivity index (χ1) is 8.04. The number of ether oxygens (including phenoxy) is 1. The van der Waals surface area contributed by atoms with Crippen LogP contribution in [0.2, 0.25) is 0 Å². The average Bonchev–Trinajstić information content (AvgIpc) is 2.78. The summed E-state index contributed by atoms with van der Waals surface area (Å²) in [7, 11) is 0. The van der Waals surface area contributed by atoms with Crippen LogP contribution in [-0.2, 0) is 14.3 Å². The van der Waals surface area contributed by atoms with E-state index < -0.39 is 24.3 Å². The molecule has 3 N–H and O–H groups in total. The van der Waals surface area contributed by atoms with E-state index in [1.165, 1.54) is 0 Å². The van der Waals surface area contributed by atoms with Crippen LogP contribution < -0.4 is 5.32 Å². The first-order valence-corrected chi connectivity index (χ1v) is 5.88. The van der Waals surface area contributed by atoms with E-state index in [0.717, 1.165) is 0 Å². The predicted molar refractivity (Wildman–Crippen MR) is 59.5 cm³/mol. The summed E-state index contributed by atoms with van der Waals surface area (Å²) in [6.07, 6.45) is -0.00774. The van der Waals surface area contributed by atoms with Crippen LogP contribution in [0.25, 0.3) is 0 Å². The number of hydrogen-bond acceptors (Lipinski definition) is 4. The van der Waals surface area contributed by atoms with Gasteiger partial charge < -0.3 is 20.3 Å². The van der Waals surface area contributed by atoms with Crippen molar-refractivity contribution in [2.75, 3.05) is 6.54 Å². The van der Waals surface area contributed by atoms with Gasteiger partial charge in [-0.25, -0.2) is 4.79 Å². The molecule has 1 heterocycles. The van der Waals surface area contributed by atoms with Gasteiger partial charge in [0.25, 0.3) is 0 Å². The molecule has 0 aromatic carbocycles. The zero-order valence-electron chi connectivity index (χ0n) is 9.89. The molecule has 1 rings (SSSR count). The maximum atomic E-state index is 11.6. The summed E-state index contributed by atoms with van der Waals surface area (Å²) in [5.41, 5.74) is 0. The van der Waals surface area contributed by atoms with Crippen molar-refractivity contribution >= 4 is 11.9 Å². The Morgan fingerprint density at radius 2 is 2.06 bits per heavy atom. The number of aliphatic hydroxyl groups excluding tert-OH is 1. The smallest absolute Gasteiger partial charge is 0.332 e. The fraction of sp³-hybridized carbons (Fsp3) is 0.818.